The fourth-order valence-corrected chi connectivity index (χ4v) is 5.01. The first-order valence-electron chi connectivity index (χ1n) is 11.6. The summed E-state index contributed by atoms with van der Waals surface area (Å²) in [6.45, 7) is 3.12. The third kappa shape index (κ3) is 4.27. The number of amides is 2. The number of nitrogens with one attached hydrogen (secondary N) is 1. The Morgan fingerprint density at radius 3 is 2.21 bits per heavy atom. The van der Waals surface area contributed by atoms with Gasteiger partial charge in [-0.3, -0.25) is 14.4 Å². The molecular formula is C26H27F3N2O7. The van der Waals surface area contributed by atoms with E-state index in [1.54, 1.807) is 13.8 Å². The first-order valence-corrected chi connectivity index (χ1v) is 11.6. The van der Waals surface area contributed by atoms with E-state index in [1.807, 2.05) is 5.32 Å². The third-order valence-corrected chi connectivity index (χ3v) is 6.67. The van der Waals surface area contributed by atoms with Gasteiger partial charge in [-0.05, 0) is 36.1 Å². The van der Waals surface area contributed by atoms with E-state index in [0.29, 0.717) is 0 Å². The maximum atomic E-state index is 15.0. The molecule has 0 fully saturated rings. The number of ether oxygens (including phenoxy) is 3. The lowest BCUT2D eigenvalue weighted by Gasteiger charge is -2.35. The zero-order valence-corrected chi connectivity index (χ0v) is 21.4. The molecule has 0 saturated carbocycles. The van der Waals surface area contributed by atoms with Crippen LogP contribution in [-0.2, 0) is 16.1 Å². The van der Waals surface area contributed by atoms with Gasteiger partial charge in [-0.2, -0.15) is 13.2 Å². The fourth-order valence-electron chi connectivity index (χ4n) is 5.01. The summed E-state index contributed by atoms with van der Waals surface area (Å²) >= 11 is 0. The minimum Gasteiger partial charge on any atom is -0.493 e. The minimum atomic E-state index is -5.35. The van der Waals surface area contributed by atoms with Crippen molar-refractivity contribution in [2.75, 3.05) is 21.3 Å². The number of Topliss-reactive ketones (excluding diaryl/α,β-unsaturated/α-hetero) is 1. The summed E-state index contributed by atoms with van der Waals surface area (Å²) in [5.74, 6) is -3.24. The van der Waals surface area contributed by atoms with Crippen LogP contribution in [0.2, 0.25) is 0 Å². The number of ketones is 1. The second-order valence-corrected chi connectivity index (χ2v) is 9.85. The van der Waals surface area contributed by atoms with Crippen molar-refractivity contribution in [2.24, 2.45) is 5.41 Å². The van der Waals surface area contributed by atoms with Crippen LogP contribution in [0.25, 0.3) is 0 Å². The van der Waals surface area contributed by atoms with Gasteiger partial charge in [0, 0.05) is 17.7 Å². The molecule has 0 unspecified atom stereocenters. The summed E-state index contributed by atoms with van der Waals surface area (Å²) < 4.78 is 65.9. The van der Waals surface area contributed by atoms with E-state index in [0.717, 1.165) is 17.0 Å². The molecule has 4 rings (SSSR count). The molecule has 2 heterocycles. The average molecular weight is 537 g/mol. The number of alkyl halides is 3. The summed E-state index contributed by atoms with van der Waals surface area (Å²) in [6.07, 6.45) is -4.25. The Hall–Kier alpha value is -3.96. The van der Waals surface area contributed by atoms with Crippen LogP contribution in [-0.4, -0.2) is 55.5 Å². The lowest BCUT2D eigenvalue weighted by molar-refractivity contribution is -0.191. The van der Waals surface area contributed by atoms with Crippen molar-refractivity contribution >= 4 is 17.6 Å². The number of halogens is 3. The number of allylic oxidation sites excluding steroid dienone is 1. The Labute approximate surface area is 216 Å². The Morgan fingerprint density at radius 1 is 1.08 bits per heavy atom. The maximum Gasteiger partial charge on any atom is 0.425 e. The molecule has 204 valence electrons. The predicted molar refractivity (Wildman–Crippen MR) is 127 cm³/mol. The van der Waals surface area contributed by atoms with Crippen molar-refractivity contribution in [3.05, 3.63) is 53.1 Å². The molecule has 0 radical (unpaired) electrons. The fraction of sp³-hybridized carbons (Fsp3) is 0.423. The topological polar surface area (TPSA) is 107 Å². The van der Waals surface area contributed by atoms with Crippen LogP contribution in [0.3, 0.4) is 0 Å². The smallest absolute Gasteiger partial charge is 0.425 e. The largest absolute Gasteiger partial charge is 0.493 e. The van der Waals surface area contributed by atoms with Gasteiger partial charge in [0.2, 0.25) is 11.3 Å². The van der Waals surface area contributed by atoms with Crippen LogP contribution in [0.15, 0.2) is 46.2 Å². The number of rotatable bonds is 7. The maximum absolute atomic E-state index is 15.0. The van der Waals surface area contributed by atoms with E-state index in [1.165, 1.54) is 39.7 Å². The van der Waals surface area contributed by atoms with Crippen LogP contribution in [0.1, 0.15) is 42.8 Å². The molecule has 1 atom stereocenters. The van der Waals surface area contributed by atoms with Gasteiger partial charge < -0.3 is 28.8 Å². The highest BCUT2D eigenvalue weighted by Gasteiger charge is 2.71. The number of benzene rings is 1. The molecule has 1 aliphatic heterocycles. The van der Waals surface area contributed by atoms with Crippen molar-refractivity contribution in [2.45, 2.75) is 44.9 Å². The van der Waals surface area contributed by atoms with Gasteiger partial charge in [0.05, 0.1) is 39.7 Å². The van der Waals surface area contributed by atoms with Gasteiger partial charge >= 0.3 is 6.18 Å². The first-order chi connectivity index (χ1) is 17.8. The number of carbonyl (C=O) groups is 3. The Kier molecular flexibility index (Phi) is 6.71. The molecule has 1 N–H and O–H groups in total. The molecule has 1 aromatic carbocycles. The molecule has 0 saturated heterocycles. The Morgan fingerprint density at radius 2 is 1.71 bits per heavy atom. The molecule has 9 nitrogen and oxygen atoms in total. The van der Waals surface area contributed by atoms with Crippen molar-refractivity contribution in [3.63, 3.8) is 0 Å². The van der Waals surface area contributed by atoms with Crippen LogP contribution in [0.5, 0.6) is 17.2 Å². The van der Waals surface area contributed by atoms with Gasteiger partial charge in [0.1, 0.15) is 5.76 Å². The minimum absolute atomic E-state index is 0.0123. The van der Waals surface area contributed by atoms with Gasteiger partial charge in [-0.15, -0.1) is 0 Å². The highest BCUT2D eigenvalue weighted by molar-refractivity contribution is 6.14. The number of methoxy groups -OCH3 is 3. The zero-order chi connectivity index (χ0) is 28.0. The number of furan rings is 1. The summed E-state index contributed by atoms with van der Waals surface area (Å²) in [7, 11) is 3.89. The normalized spacial score (nSPS) is 20.9. The molecule has 0 bridgehead atoms. The van der Waals surface area contributed by atoms with Crippen LogP contribution < -0.4 is 19.5 Å². The zero-order valence-electron chi connectivity index (χ0n) is 21.4. The molecule has 2 aromatic rings. The van der Waals surface area contributed by atoms with Gasteiger partial charge in [0.25, 0.3) is 11.8 Å². The third-order valence-electron chi connectivity index (χ3n) is 6.67. The highest BCUT2D eigenvalue weighted by Crippen LogP contribution is 2.52. The molecule has 1 aromatic heterocycles. The first kappa shape index (κ1) is 27.1. The molecular weight excluding hydrogens is 509 g/mol. The van der Waals surface area contributed by atoms with E-state index in [9.17, 15) is 27.6 Å². The second-order valence-electron chi connectivity index (χ2n) is 9.85. The molecule has 2 aliphatic rings. The lowest BCUT2D eigenvalue weighted by Crippen LogP contribution is -2.66. The summed E-state index contributed by atoms with van der Waals surface area (Å²) in [5, 5.41) is 1.89. The Balaban J connectivity index is 1.87. The standard InChI is InChI=1S/C26H27F3N2O7/c1-24(2)11-16-20(17(32)12-24)25(26(27,28)29,23(34)31(16)13-15-7-6-8-38-15)30-22(33)14-9-18(35-3)21(37-5)19(10-14)36-4/h6-10H,11-13H2,1-5H3,(H,30,33)/t25-/m1/s1. The second kappa shape index (κ2) is 9.41. The van der Waals surface area contributed by atoms with E-state index in [2.05, 4.69) is 0 Å². The molecule has 0 spiro atoms. The number of nitrogens with zero attached hydrogens (tertiary/aromatic N) is 1. The van der Waals surface area contributed by atoms with Gasteiger partial charge in [-0.25, -0.2) is 0 Å². The van der Waals surface area contributed by atoms with Gasteiger partial charge in [-0.1, -0.05) is 13.8 Å². The number of carbonyl (C=O) groups excluding carboxylic acids is 3. The van der Waals surface area contributed by atoms with Crippen LogP contribution in [0, 0.1) is 5.41 Å². The molecule has 2 amide bonds. The molecule has 12 heteroatoms. The van der Waals surface area contributed by atoms with Gasteiger partial charge in [0.15, 0.2) is 17.3 Å². The van der Waals surface area contributed by atoms with Crippen molar-refractivity contribution in [3.8, 4) is 17.2 Å². The van der Waals surface area contributed by atoms with E-state index < -0.39 is 40.3 Å². The van der Waals surface area contributed by atoms with E-state index >= 15 is 0 Å². The summed E-state index contributed by atoms with van der Waals surface area (Å²) in [5.41, 5.74) is -5.47. The van der Waals surface area contributed by atoms with Crippen LogP contribution in [0.4, 0.5) is 13.2 Å². The predicted octanol–water partition coefficient (Wildman–Crippen LogP) is 4.02. The van der Waals surface area contributed by atoms with Crippen LogP contribution >= 0.6 is 0 Å². The Bertz CT molecular complexity index is 1290. The SMILES string of the molecule is COc1cc(C(=O)N[C@@]2(C(F)(F)F)C(=O)N(Cc3ccco3)C3=C2C(=O)CC(C)(C)C3)cc(OC)c1OC. The monoisotopic (exact) mass is 536 g/mol. The quantitative estimate of drug-likeness (QED) is 0.570. The van der Waals surface area contributed by atoms with E-state index in [-0.39, 0.29) is 53.7 Å². The number of hydrogen-bond donors (Lipinski definition) is 1. The highest BCUT2D eigenvalue weighted by atomic mass is 19.4. The molecule has 38 heavy (non-hydrogen) atoms. The lowest BCUT2D eigenvalue weighted by atomic mass is 9.72. The average Bonchev–Trinajstić information content (AvgIpc) is 3.43. The van der Waals surface area contributed by atoms with E-state index in [4.69, 9.17) is 18.6 Å². The van der Waals surface area contributed by atoms with Crippen molar-refractivity contribution in [1.29, 1.82) is 0 Å². The van der Waals surface area contributed by atoms with Crippen molar-refractivity contribution in [1.82, 2.24) is 10.2 Å². The summed E-state index contributed by atoms with van der Waals surface area (Å²) in [6, 6.07) is 5.35. The number of hydrogen-bond acceptors (Lipinski definition) is 7. The summed E-state index contributed by atoms with van der Waals surface area (Å²) in [4.78, 5) is 41.3. The molecule has 1 aliphatic carbocycles. The van der Waals surface area contributed by atoms with Crippen molar-refractivity contribution < 1.29 is 46.2 Å².